The molecule has 0 spiro atoms. The van der Waals surface area contributed by atoms with Crippen LogP contribution in [-0.2, 0) is 13.0 Å². The second-order valence-corrected chi connectivity index (χ2v) is 4.44. The molecule has 0 amide bonds. The molecule has 3 N–H and O–H groups in total. The van der Waals surface area contributed by atoms with Crippen LogP contribution in [0.25, 0.3) is 0 Å². The van der Waals surface area contributed by atoms with E-state index in [0.717, 1.165) is 17.9 Å². The van der Waals surface area contributed by atoms with Crippen LogP contribution < -0.4 is 5.32 Å². The Morgan fingerprint density at radius 3 is 2.72 bits per heavy atom. The summed E-state index contributed by atoms with van der Waals surface area (Å²) in [5, 5.41) is 12.7. The lowest BCUT2D eigenvalue weighted by atomic mass is 10.1. The van der Waals surface area contributed by atoms with Crippen molar-refractivity contribution in [3.8, 4) is 0 Å². The number of aliphatic hydroxyl groups is 1. The van der Waals surface area contributed by atoms with Gasteiger partial charge in [-0.1, -0.05) is 30.3 Å². The van der Waals surface area contributed by atoms with E-state index < -0.39 is 0 Å². The van der Waals surface area contributed by atoms with Crippen molar-refractivity contribution in [3.63, 3.8) is 0 Å². The fourth-order valence-electron chi connectivity index (χ4n) is 1.92. The second-order valence-electron chi connectivity index (χ2n) is 4.44. The minimum atomic E-state index is 0.0657. The molecule has 0 saturated carbocycles. The maximum Gasteiger partial charge on any atom is 0.103 e. The van der Waals surface area contributed by atoms with E-state index in [2.05, 4.69) is 27.4 Å². The van der Waals surface area contributed by atoms with E-state index in [1.807, 2.05) is 31.3 Å². The van der Waals surface area contributed by atoms with Gasteiger partial charge in [-0.25, -0.2) is 4.98 Å². The number of hydrogen-bond donors (Lipinski definition) is 3. The van der Waals surface area contributed by atoms with Gasteiger partial charge < -0.3 is 15.4 Å². The fourth-order valence-corrected chi connectivity index (χ4v) is 1.92. The molecule has 0 unspecified atom stereocenters. The third-order valence-corrected chi connectivity index (χ3v) is 2.88. The first-order chi connectivity index (χ1) is 8.78. The Morgan fingerprint density at radius 2 is 2.11 bits per heavy atom. The summed E-state index contributed by atoms with van der Waals surface area (Å²) in [6.07, 6.45) is 2.64. The summed E-state index contributed by atoms with van der Waals surface area (Å²) in [7, 11) is 0. The Bertz CT molecular complexity index is 467. The fraction of sp³-hybridized carbons (Fsp3) is 0.357. The Hall–Kier alpha value is -1.65. The number of imidazole rings is 1. The highest BCUT2D eigenvalue weighted by molar-refractivity contribution is 5.16. The molecule has 0 aliphatic carbocycles. The number of H-pyrrole nitrogens is 1. The summed E-state index contributed by atoms with van der Waals surface area (Å²) in [4.78, 5) is 7.31. The van der Waals surface area contributed by atoms with Crippen molar-refractivity contribution < 1.29 is 5.11 Å². The van der Waals surface area contributed by atoms with Crippen molar-refractivity contribution in [2.45, 2.75) is 25.9 Å². The maximum absolute atomic E-state index is 9.38. The number of hydrogen-bond acceptors (Lipinski definition) is 3. The first-order valence-corrected chi connectivity index (χ1v) is 6.16. The van der Waals surface area contributed by atoms with Gasteiger partial charge in [-0.2, -0.15) is 0 Å². The number of aromatic amines is 1. The average Bonchev–Trinajstić information content (AvgIpc) is 2.81. The second kappa shape index (κ2) is 6.33. The normalized spacial score (nSPS) is 12.6. The van der Waals surface area contributed by atoms with Crippen LogP contribution in [0.3, 0.4) is 0 Å². The van der Waals surface area contributed by atoms with Crippen LogP contribution in [0.2, 0.25) is 0 Å². The Balaban J connectivity index is 1.86. The minimum Gasteiger partial charge on any atom is -0.395 e. The van der Waals surface area contributed by atoms with Gasteiger partial charge in [-0.3, -0.25) is 0 Å². The largest absolute Gasteiger partial charge is 0.395 e. The Labute approximate surface area is 107 Å². The van der Waals surface area contributed by atoms with Crippen molar-refractivity contribution in [3.05, 3.63) is 53.6 Å². The molecule has 0 bridgehead atoms. The predicted octanol–water partition coefficient (Wildman–Crippen LogP) is 1.41. The Kier molecular flexibility index (Phi) is 4.50. The van der Waals surface area contributed by atoms with Crippen LogP contribution in [0.1, 0.15) is 17.1 Å². The van der Waals surface area contributed by atoms with Crippen molar-refractivity contribution in [1.82, 2.24) is 15.3 Å². The number of nitrogens with zero attached hydrogens (tertiary/aromatic N) is 1. The van der Waals surface area contributed by atoms with Crippen LogP contribution in [0.5, 0.6) is 0 Å². The van der Waals surface area contributed by atoms with Gasteiger partial charge in [-0.05, 0) is 18.9 Å². The van der Waals surface area contributed by atoms with E-state index in [9.17, 15) is 5.11 Å². The molecule has 2 aromatic rings. The van der Waals surface area contributed by atoms with Crippen molar-refractivity contribution in [2.24, 2.45) is 0 Å². The van der Waals surface area contributed by atoms with Crippen LogP contribution in [0.4, 0.5) is 0 Å². The third-order valence-electron chi connectivity index (χ3n) is 2.88. The van der Waals surface area contributed by atoms with Gasteiger partial charge in [0.25, 0.3) is 0 Å². The molecule has 1 heterocycles. The lowest BCUT2D eigenvalue weighted by Crippen LogP contribution is -2.34. The van der Waals surface area contributed by atoms with E-state index in [1.54, 1.807) is 0 Å². The molecule has 0 aliphatic heterocycles. The topological polar surface area (TPSA) is 60.9 Å². The lowest BCUT2D eigenvalue weighted by Gasteiger charge is -2.15. The molecule has 96 valence electrons. The molecule has 0 fully saturated rings. The highest BCUT2D eigenvalue weighted by Crippen LogP contribution is 2.04. The number of aromatic nitrogens is 2. The van der Waals surface area contributed by atoms with Crippen LogP contribution >= 0.6 is 0 Å². The van der Waals surface area contributed by atoms with Gasteiger partial charge in [0.15, 0.2) is 0 Å². The van der Waals surface area contributed by atoms with E-state index in [0.29, 0.717) is 6.54 Å². The Morgan fingerprint density at radius 1 is 1.33 bits per heavy atom. The number of aryl methyl sites for hydroxylation is 1. The highest BCUT2D eigenvalue weighted by Gasteiger charge is 2.08. The van der Waals surface area contributed by atoms with Crippen molar-refractivity contribution >= 4 is 0 Å². The summed E-state index contributed by atoms with van der Waals surface area (Å²) >= 11 is 0. The minimum absolute atomic E-state index is 0.0657. The number of benzene rings is 1. The maximum atomic E-state index is 9.38. The van der Waals surface area contributed by atoms with Gasteiger partial charge in [-0.15, -0.1) is 0 Å². The molecule has 1 aromatic heterocycles. The van der Waals surface area contributed by atoms with Crippen molar-refractivity contribution in [1.29, 1.82) is 0 Å². The SMILES string of the molecule is Cc1ncc(CN[C@H](CO)Cc2ccccc2)[nH]1. The quantitative estimate of drug-likeness (QED) is 0.721. The summed E-state index contributed by atoms with van der Waals surface area (Å²) in [5.74, 6) is 0.912. The van der Waals surface area contributed by atoms with Crippen LogP contribution in [0.15, 0.2) is 36.5 Å². The summed E-state index contributed by atoms with van der Waals surface area (Å²) in [6.45, 7) is 2.75. The van der Waals surface area contributed by atoms with E-state index in [-0.39, 0.29) is 12.6 Å². The van der Waals surface area contributed by atoms with Gasteiger partial charge in [0.05, 0.1) is 6.61 Å². The number of rotatable bonds is 6. The summed E-state index contributed by atoms with van der Waals surface area (Å²) in [6, 6.07) is 10.2. The van der Waals surface area contributed by atoms with E-state index in [4.69, 9.17) is 0 Å². The molecule has 4 heteroatoms. The first kappa shape index (κ1) is 12.8. The third kappa shape index (κ3) is 3.68. The smallest absolute Gasteiger partial charge is 0.103 e. The zero-order valence-corrected chi connectivity index (χ0v) is 10.6. The van der Waals surface area contributed by atoms with E-state index in [1.165, 1.54) is 5.56 Å². The summed E-state index contributed by atoms with van der Waals surface area (Å²) in [5.41, 5.74) is 2.27. The van der Waals surface area contributed by atoms with Gasteiger partial charge in [0, 0.05) is 24.5 Å². The molecular formula is C14H19N3O. The van der Waals surface area contributed by atoms with Crippen LogP contribution in [-0.4, -0.2) is 27.7 Å². The van der Waals surface area contributed by atoms with Gasteiger partial charge >= 0.3 is 0 Å². The molecule has 1 atom stereocenters. The predicted molar refractivity (Wildman–Crippen MR) is 71.2 cm³/mol. The average molecular weight is 245 g/mol. The van der Waals surface area contributed by atoms with Gasteiger partial charge in [0.1, 0.15) is 5.82 Å². The highest BCUT2D eigenvalue weighted by atomic mass is 16.3. The zero-order chi connectivity index (χ0) is 12.8. The molecule has 1 aromatic carbocycles. The molecule has 18 heavy (non-hydrogen) atoms. The number of nitrogens with one attached hydrogen (secondary N) is 2. The van der Waals surface area contributed by atoms with E-state index >= 15 is 0 Å². The standard InChI is InChI=1S/C14H19N3O/c1-11-15-8-14(17-11)9-16-13(10-18)7-12-5-3-2-4-6-12/h2-6,8,13,16,18H,7,9-10H2,1H3,(H,15,17)/t13-/m0/s1. The molecule has 4 nitrogen and oxygen atoms in total. The molecule has 0 aliphatic rings. The number of aliphatic hydroxyl groups excluding tert-OH is 1. The lowest BCUT2D eigenvalue weighted by molar-refractivity contribution is 0.240. The molecule has 0 radical (unpaired) electrons. The molecule has 0 saturated heterocycles. The molecular weight excluding hydrogens is 226 g/mol. The first-order valence-electron chi connectivity index (χ1n) is 6.16. The summed E-state index contributed by atoms with van der Waals surface area (Å²) < 4.78 is 0. The molecule has 2 rings (SSSR count). The van der Waals surface area contributed by atoms with Crippen LogP contribution in [0, 0.1) is 6.92 Å². The van der Waals surface area contributed by atoms with Gasteiger partial charge in [0.2, 0.25) is 0 Å². The van der Waals surface area contributed by atoms with Crippen molar-refractivity contribution in [2.75, 3.05) is 6.61 Å². The monoisotopic (exact) mass is 245 g/mol. The zero-order valence-electron chi connectivity index (χ0n) is 10.6.